The maximum atomic E-state index is 13.9. The summed E-state index contributed by atoms with van der Waals surface area (Å²) in [5, 5.41) is 1.69. The monoisotopic (exact) mass is 452 g/mol. The van der Waals surface area contributed by atoms with Crippen LogP contribution in [0.5, 0.6) is 0 Å². The Morgan fingerprint density at radius 3 is 2.52 bits per heavy atom. The summed E-state index contributed by atoms with van der Waals surface area (Å²) in [4.78, 5) is -0.471. The first-order chi connectivity index (χ1) is 13.8. The molecule has 0 aliphatic carbocycles. The van der Waals surface area contributed by atoms with Gasteiger partial charge in [0.1, 0.15) is 14.9 Å². The van der Waals surface area contributed by atoms with E-state index < -0.39 is 30.8 Å². The van der Waals surface area contributed by atoms with Gasteiger partial charge in [-0.15, -0.1) is 11.3 Å². The maximum Gasteiger partial charge on any atom is 0.273 e. The van der Waals surface area contributed by atoms with Crippen molar-refractivity contribution in [2.45, 2.75) is 21.9 Å². The average molecular weight is 453 g/mol. The molecule has 0 fully saturated rings. The third-order valence-corrected chi connectivity index (χ3v) is 9.18. The van der Waals surface area contributed by atoms with Crippen LogP contribution in [0.1, 0.15) is 12.0 Å². The Bertz CT molecular complexity index is 1260. The number of halogens is 1. The largest absolute Gasteiger partial charge is 0.279 e. The van der Waals surface area contributed by atoms with Gasteiger partial charge in [0.15, 0.2) is 0 Å². The first-order valence-corrected chi connectivity index (χ1v) is 12.6. The minimum absolute atomic E-state index is 0.167. The van der Waals surface area contributed by atoms with Crippen molar-refractivity contribution in [3.8, 4) is 0 Å². The van der Waals surface area contributed by atoms with Gasteiger partial charge in [-0.1, -0.05) is 24.3 Å². The van der Waals surface area contributed by atoms with Gasteiger partial charge in [0.25, 0.3) is 20.0 Å². The Hall–Kier alpha value is -2.43. The van der Waals surface area contributed by atoms with Crippen LogP contribution in [0, 0.1) is 5.82 Å². The second-order valence-corrected chi connectivity index (χ2v) is 11.2. The predicted molar refractivity (Wildman–Crippen MR) is 111 cm³/mol. The first kappa shape index (κ1) is 19.9. The van der Waals surface area contributed by atoms with Crippen LogP contribution in [0.2, 0.25) is 0 Å². The molecule has 29 heavy (non-hydrogen) atoms. The Balaban J connectivity index is 1.72. The highest BCUT2D eigenvalue weighted by molar-refractivity contribution is 7.94. The van der Waals surface area contributed by atoms with Crippen LogP contribution in [-0.4, -0.2) is 23.4 Å². The molecular weight excluding hydrogens is 435 g/mol. The average Bonchev–Trinajstić information content (AvgIpc) is 3.23. The van der Waals surface area contributed by atoms with Gasteiger partial charge >= 0.3 is 0 Å². The number of anilines is 2. The van der Waals surface area contributed by atoms with E-state index in [0.29, 0.717) is 25.1 Å². The summed E-state index contributed by atoms with van der Waals surface area (Å²) in [6.45, 7) is 0.302. The highest BCUT2D eigenvalue weighted by atomic mass is 32.2. The minimum Gasteiger partial charge on any atom is -0.279 e. The maximum absolute atomic E-state index is 13.9. The fourth-order valence-electron chi connectivity index (χ4n) is 3.25. The van der Waals surface area contributed by atoms with Gasteiger partial charge in [-0.3, -0.25) is 9.03 Å². The lowest BCUT2D eigenvalue weighted by Gasteiger charge is -2.30. The van der Waals surface area contributed by atoms with Crippen LogP contribution in [0.4, 0.5) is 15.8 Å². The van der Waals surface area contributed by atoms with Crippen molar-refractivity contribution in [2.75, 3.05) is 15.6 Å². The summed E-state index contributed by atoms with van der Waals surface area (Å²) in [5.74, 6) is -0.861. The number of sulfonamides is 2. The molecule has 0 unspecified atom stereocenters. The van der Waals surface area contributed by atoms with Gasteiger partial charge in [-0.05, 0) is 54.1 Å². The molecule has 0 saturated carbocycles. The summed E-state index contributed by atoms with van der Waals surface area (Å²) < 4.78 is 69.0. The van der Waals surface area contributed by atoms with Crippen molar-refractivity contribution in [1.82, 2.24) is 0 Å². The second kappa shape index (κ2) is 7.43. The van der Waals surface area contributed by atoms with E-state index >= 15 is 0 Å². The summed E-state index contributed by atoms with van der Waals surface area (Å²) in [6, 6.07) is 13.0. The number of benzene rings is 2. The van der Waals surface area contributed by atoms with Crippen LogP contribution in [0.3, 0.4) is 0 Å². The summed E-state index contributed by atoms with van der Waals surface area (Å²) in [5.41, 5.74) is 1.41. The third kappa shape index (κ3) is 3.75. The lowest BCUT2D eigenvalue weighted by molar-refractivity contribution is 0.570. The van der Waals surface area contributed by atoms with Crippen LogP contribution in [0.25, 0.3) is 0 Å². The molecule has 1 N–H and O–H groups in total. The molecule has 6 nitrogen and oxygen atoms in total. The molecule has 1 aliphatic rings. The van der Waals surface area contributed by atoms with E-state index in [0.717, 1.165) is 23.0 Å². The highest BCUT2D eigenvalue weighted by Crippen LogP contribution is 2.35. The smallest absolute Gasteiger partial charge is 0.273 e. The van der Waals surface area contributed by atoms with Gasteiger partial charge in [0, 0.05) is 6.54 Å². The Morgan fingerprint density at radius 2 is 1.79 bits per heavy atom. The van der Waals surface area contributed by atoms with Gasteiger partial charge in [0.05, 0.1) is 11.4 Å². The van der Waals surface area contributed by atoms with E-state index in [4.69, 9.17) is 0 Å². The van der Waals surface area contributed by atoms with Crippen LogP contribution >= 0.6 is 11.3 Å². The van der Waals surface area contributed by atoms with Gasteiger partial charge in [-0.2, -0.15) is 0 Å². The Morgan fingerprint density at radius 1 is 1.00 bits per heavy atom. The number of hydrogen-bond donors (Lipinski definition) is 1. The summed E-state index contributed by atoms with van der Waals surface area (Å²) in [7, 11) is -7.89. The fraction of sp³-hybridized carbons (Fsp3) is 0.158. The van der Waals surface area contributed by atoms with E-state index in [9.17, 15) is 21.2 Å². The molecule has 0 bridgehead atoms. The van der Waals surface area contributed by atoms with E-state index in [1.165, 1.54) is 28.6 Å². The highest BCUT2D eigenvalue weighted by Gasteiger charge is 2.30. The van der Waals surface area contributed by atoms with Gasteiger partial charge < -0.3 is 0 Å². The zero-order chi connectivity index (χ0) is 20.6. The van der Waals surface area contributed by atoms with Gasteiger partial charge in [-0.25, -0.2) is 21.2 Å². The lowest BCUT2D eigenvalue weighted by Crippen LogP contribution is -2.35. The zero-order valence-electron chi connectivity index (χ0n) is 15.1. The zero-order valence-corrected chi connectivity index (χ0v) is 17.5. The van der Waals surface area contributed by atoms with Crippen molar-refractivity contribution < 1.29 is 21.2 Å². The van der Waals surface area contributed by atoms with Crippen LogP contribution < -0.4 is 9.03 Å². The molecule has 152 valence electrons. The normalized spacial score (nSPS) is 14.4. The number of nitrogens with one attached hydrogen (secondary N) is 1. The van der Waals surface area contributed by atoms with Crippen molar-refractivity contribution in [2.24, 2.45) is 0 Å². The standard InChI is InChI=1S/C19H17FN2O4S3/c20-16-6-1-2-7-18(16)28(23,24)21-15-10-9-14-5-3-11-22(17(14)13-15)29(25,26)19-8-4-12-27-19/h1-2,4,6-10,12-13,21H,3,5,11H2. The van der Waals surface area contributed by atoms with E-state index in [2.05, 4.69) is 4.72 Å². The number of nitrogens with zero attached hydrogens (tertiary/aromatic N) is 1. The molecule has 2 heterocycles. The minimum atomic E-state index is -4.16. The number of aryl methyl sites for hydroxylation is 1. The van der Waals surface area contributed by atoms with E-state index in [-0.39, 0.29) is 9.90 Å². The van der Waals surface area contributed by atoms with Crippen molar-refractivity contribution in [3.05, 3.63) is 71.4 Å². The molecule has 2 aromatic carbocycles. The number of fused-ring (bicyclic) bond motifs is 1. The molecule has 0 saturated heterocycles. The van der Waals surface area contributed by atoms with Gasteiger partial charge in [0.2, 0.25) is 0 Å². The molecule has 0 amide bonds. The van der Waals surface area contributed by atoms with Crippen LogP contribution in [-0.2, 0) is 26.5 Å². The second-order valence-electron chi connectivity index (χ2n) is 6.49. The Labute approximate surface area is 172 Å². The molecule has 3 aromatic rings. The van der Waals surface area contributed by atoms with Crippen LogP contribution in [0.15, 0.2) is 69.1 Å². The summed E-state index contributed by atoms with van der Waals surface area (Å²) in [6.07, 6.45) is 1.35. The molecule has 4 rings (SSSR count). The quantitative estimate of drug-likeness (QED) is 0.638. The summed E-state index contributed by atoms with van der Waals surface area (Å²) >= 11 is 1.13. The number of hydrogen-bond acceptors (Lipinski definition) is 5. The predicted octanol–water partition coefficient (Wildman–Crippen LogP) is 3.83. The SMILES string of the molecule is O=S(=O)(Nc1ccc2c(c1)N(S(=O)(=O)c1cccs1)CCC2)c1ccccc1F. The third-order valence-electron chi connectivity index (χ3n) is 4.58. The fourth-order valence-corrected chi connectivity index (χ4v) is 7.01. The number of thiophene rings is 1. The Kier molecular flexibility index (Phi) is 5.09. The number of rotatable bonds is 5. The van der Waals surface area contributed by atoms with E-state index in [1.54, 1.807) is 29.6 Å². The van der Waals surface area contributed by atoms with Crippen molar-refractivity contribution in [1.29, 1.82) is 0 Å². The molecule has 0 spiro atoms. The first-order valence-electron chi connectivity index (χ1n) is 8.75. The molecule has 0 radical (unpaired) electrons. The van der Waals surface area contributed by atoms with Crippen molar-refractivity contribution in [3.63, 3.8) is 0 Å². The molecule has 10 heteroatoms. The van der Waals surface area contributed by atoms with E-state index in [1.807, 2.05) is 0 Å². The van der Waals surface area contributed by atoms with Crippen molar-refractivity contribution >= 4 is 42.8 Å². The topological polar surface area (TPSA) is 83.6 Å². The molecule has 0 atom stereocenters. The lowest BCUT2D eigenvalue weighted by atomic mass is 10.0. The molecule has 1 aromatic heterocycles. The molecular formula is C19H17FN2O4S3. The molecule has 1 aliphatic heterocycles.